The number of carbonyl (C=O) groups is 2. The molecule has 0 aromatic heterocycles. The van der Waals surface area contributed by atoms with Crippen LogP contribution in [0.25, 0.3) is 0 Å². The number of fused-ring (bicyclic) bond motifs is 4. The van der Waals surface area contributed by atoms with Crippen LogP contribution in [0.5, 0.6) is 0 Å². The normalized spacial score (nSPS) is 50.0. The fourth-order valence-electron chi connectivity index (χ4n) is 14.0. The van der Waals surface area contributed by atoms with Crippen molar-refractivity contribution in [2.75, 3.05) is 26.2 Å². The summed E-state index contributed by atoms with van der Waals surface area (Å²) in [5, 5.41) is 25.4. The molecule has 0 radical (unpaired) electrons. The van der Waals surface area contributed by atoms with Crippen LogP contribution in [-0.2, 0) is 23.8 Å². The van der Waals surface area contributed by atoms with Gasteiger partial charge >= 0.3 is 5.97 Å². The predicted octanol–water partition coefficient (Wildman–Crippen LogP) is 5.62. The standard InChI is InChI=1S/C40H64N2O7/c1-23-18-25(20-41-36(4,5)34(45)46)48-32-31(23)37(6)14-15-40-22-39(40)13-12-28(35(2,3)26(39)10-11-27(40)38(37,7)33(32)44)49-30-21-42(16-17-47-30)29(43)19-24-8-9-24/h23-28,30-33,41,44H,8-22H2,1-7H3,(H,45,46)/t23-,25?,26+,27?,28?,30+,31+,32?,33+,37-,38-,39-,40+/m1/s1. The Labute approximate surface area is 293 Å². The first-order chi connectivity index (χ1) is 23.0. The van der Waals surface area contributed by atoms with Gasteiger partial charge in [0.15, 0.2) is 6.29 Å². The number of hydrogen-bond acceptors (Lipinski definition) is 7. The molecule has 0 aromatic rings. The summed E-state index contributed by atoms with van der Waals surface area (Å²) in [7, 11) is 0. The first-order valence-corrected chi connectivity index (χ1v) is 19.9. The summed E-state index contributed by atoms with van der Waals surface area (Å²) in [4.78, 5) is 26.6. The number of aliphatic carboxylic acids is 1. The third kappa shape index (κ3) is 4.93. The van der Waals surface area contributed by atoms with Crippen molar-refractivity contribution in [2.45, 2.75) is 155 Å². The van der Waals surface area contributed by atoms with Gasteiger partial charge in [0.2, 0.25) is 5.91 Å². The van der Waals surface area contributed by atoms with Crippen LogP contribution in [0, 0.1) is 56.7 Å². The molecule has 276 valence electrons. The summed E-state index contributed by atoms with van der Waals surface area (Å²) >= 11 is 0. The minimum Gasteiger partial charge on any atom is -0.480 e. The number of amides is 1. The molecular weight excluding hydrogens is 620 g/mol. The number of morpholine rings is 1. The summed E-state index contributed by atoms with van der Waals surface area (Å²) in [6, 6.07) is 0. The average Bonchev–Trinajstić information content (AvgIpc) is 3.97. The highest BCUT2D eigenvalue weighted by Crippen LogP contribution is 2.89. The molecule has 2 saturated heterocycles. The van der Waals surface area contributed by atoms with Gasteiger partial charge in [-0.25, -0.2) is 0 Å². The van der Waals surface area contributed by atoms with E-state index in [2.05, 4.69) is 39.9 Å². The fourth-order valence-corrected chi connectivity index (χ4v) is 14.0. The molecule has 4 unspecified atom stereocenters. The molecule has 49 heavy (non-hydrogen) atoms. The van der Waals surface area contributed by atoms with E-state index < -0.39 is 17.6 Å². The molecule has 0 bridgehead atoms. The number of ether oxygens (including phenoxy) is 3. The molecule has 8 fully saturated rings. The van der Waals surface area contributed by atoms with Gasteiger partial charge in [-0.1, -0.05) is 34.6 Å². The minimum atomic E-state index is -1.02. The zero-order chi connectivity index (χ0) is 34.9. The lowest BCUT2D eigenvalue weighted by molar-refractivity contribution is -0.248. The molecule has 13 atom stereocenters. The minimum absolute atomic E-state index is 0.00126. The predicted molar refractivity (Wildman–Crippen MR) is 184 cm³/mol. The molecule has 1 amide bonds. The fraction of sp³-hybridized carbons (Fsp3) is 0.950. The molecule has 2 spiro atoms. The van der Waals surface area contributed by atoms with E-state index in [1.54, 1.807) is 13.8 Å². The van der Waals surface area contributed by atoms with E-state index in [9.17, 15) is 19.8 Å². The Morgan fingerprint density at radius 1 is 1.00 bits per heavy atom. The van der Waals surface area contributed by atoms with E-state index in [-0.39, 0.29) is 52.2 Å². The molecule has 6 aliphatic carbocycles. The molecule has 2 aliphatic heterocycles. The van der Waals surface area contributed by atoms with Crippen molar-refractivity contribution in [2.24, 2.45) is 56.7 Å². The second kappa shape index (κ2) is 11.4. The van der Waals surface area contributed by atoms with Gasteiger partial charge in [-0.3, -0.25) is 14.9 Å². The highest BCUT2D eigenvalue weighted by molar-refractivity contribution is 5.77. The Morgan fingerprint density at radius 2 is 1.71 bits per heavy atom. The van der Waals surface area contributed by atoms with Gasteiger partial charge in [-0.05, 0) is 129 Å². The highest BCUT2D eigenvalue weighted by Gasteiger charge is 2.84. The van der Waals surface area contributed by atoms with E-state index >= 15 is 0 Å². The number of carboxylic acids is 1. The van der Waals surface area contributed by atoms with Crippen molar-refractivity contribution >= 4 is 11.9 Å². The zero-order valence-corrected chi connectivity index (χ0v) is 31.3. The van der Waals surface area contributed by atoms with Crippen molar-refractivity contribution in [3.63, 3.8) is 0 Å². The van der Waals surface area contributed by atoms with Gasteiger partial charge in [0.25, 0.3) is 0 Å². The van der Waals surface area contributed by atoms with E-state index in [1.165, 1.54) is 32.1 Å². The van der Waals surface area contributed by atoms with E-state index in [4.69, 9.17) is 14.2 Å². The van der Waals surface area contributed by atoms with Crippen LogP contribution in [-0.4, -0.2) is 89.5 Å². The van der Waals surface area contributed by atoms with Crippen molar-refractivity contribution < 1.29 is 34.0 Å². The van der Waals surface area contributed by atoms with Gasteiger partial charge in [0.1, 0.15) is 5.54 Å². The Bertz CT molecular complexity index is 1350. The summed E-state index contributed by atoms with van der Waals surface area (Å²) in [5.41, 5.74) is -0.677. The van der Waals surface area contributed by atoms with Crippen LogP contribution >= 0.6 is 0 Å². The SMILES string of the molecule is C[C@@H]1CC(CNC(C)(C)C(=O)O)OC2[C@H]1[C@@]1(C)CC[C@@]34C[C@@]35CCC(O[C@H]3CN(C(=O)CC6CC6)CCO3)C(C)(C)[C@@H]5CCC4[C@]1(C)[C@H]2O. The van der Waals surface area contributed by atoms with Crippen LogP contribution in [0.1, 0.15) is 119 Å². The Balaban J connectivity index is 0.981. The molecule has 0 aromatic carbocycles. The third-order valence-electron chi connectivity index (χ3n) is 17.0. The maximum atomic E-state index is 12.9. The van der Waals surface area contributed by atoms with E-state index in [1.807, 2.05) is 4.90 Å². The van der Waals surface area contributed by atoms with Crippen molar-refractivity contribution in [3.05, 3.63) is 0 Å². The maximum Gasteiger partial charge on any atom is 0.323 e. The zero-order valence-electron chi connectivity index (χ0n) is 31.3. The van der Waals surface area contributed by atoms with Gasteiger partial charge in [-0.2, -0.15) is 0 Å². The molecule has 8 rings (SSSR count). The lowest BCUT2D eigenvalue weighted by Crippen LogP contribution is -2.60. The lowest BCUT2D eigenvalue weighted by Gasteiger charge is -2.64. The van der Waals surface area contributed by atoms with Crippen LogP contribution < -0.4 is 5.32 Å². The number of nitrogens with one attached hydrogen (secondary N) is 1. The molecule has 8 aliphatic rings. The molecule has 9 heteroatoms. The largest absolute Gasteiger partial charge is 0.480 e. The van der Waals surface area contributed by atoms with Crippen molar-refractivity contribution in [1.29, 1.82) is 0 Å². The number of rotatable bonds is 8. The van der Waals surface area contributed by atoms with Gasteiger partial charge in [0, 0.05) is 24.9 Å². The Hall–Kier alpha value is -1.26. The van der Waals surface area contributed by atoms with Crippen molar-refractivity contribution in [3.8, 4) is 0 Å². The van der Waals surface area contributed by atoms with Crippen LogP contribution in [0.3, 0.4) is 0 Å². The topological polar surface area (TPSA) is 118 Å². The highest BCUT2D eigenvalue weighted by atomic mass is 16.7. The van der Waals surface area contributed by atoms with Gasteiger partial charge in [-0.15, -0.1) is 0 Å². The van der Waals surface area contributed by atoms with Crippen LogP contribution in [0.15, 0.2) is 0 Å². The quantitative estimate of drug-likeness (QED) is 0.302. The number of carboxylic acid groups (broad SMARTS) is 1. The van der Waals surface area contributed by atoms with Crippen molar-refractivity contribution in [1.82, 2.24) is 10.2 Å². The second-order valence-electron chi connectivity index (χ2n) is 19.9. The van der Waals surface area contributed by atoms with E-state index in [0.717, 1.165) is 32.1 Å². The van der Waals surface area contributed by atoms with Gasteiger partial charge < -0.3 is 29.3 Å². The van der Waals surface area contributed by atoms with E-state index in [0.29, 0.717) is 67.7 Å². The Kier molecular flexibility index (Phi) is 8.08. The van der Waals surface area contributed by atoms with Crippen LogP contribution in [0.2, 0.25) is 0 Å². The molecule has 2 heterocycles. The molecule has 9 nitrogen and oxygen atoms in total. The average molecular weight is 685 g/mol. The first-order valence-electron chi connectivity index (χ1n) is 19.9. The van der Waals surface area contributed by atoms with Crippen LogP contribution in [0.4, 0.5) is 0 Å². The second-order valence-corrected chi connectivity index (χ2v) is 19.9. The molecular formula is C40H64N2O7. The monoisotopic (exact) mass is 684 g/mol. The first kappa shape index (κ1) is 34.8. The number of nitrogens with zero attached hydrogens (tertiary/aromatic N) is 1. The Morgan fingerprint density at radius 3 is 2.43 bits per heavy atom. The smallest absolute Gasteiger partial charge is 0.323 e. The summed E-state index contributed by atoms with van der Waals surface area (Å²) in [5.74, 6) is 1.72. The summed E-state index contributed by atoms with van der Waals surface area (Å²) < 4.78 is 19.8. The lowest BCUT2D eigenvalue weighted by atomic mass is 9.41. The number of aliphatic hydroxyl groups is 1. The summed E-state index contributed by atoms with van der Waals surface area (Å²) in [6.45, 7) is 17.8. The number of hydrogen-bond donors (Lipinski definition) is 3. The molecule has 3 N–H and O–H groups in total. The number of aliphatic hydroxyl groups excluding tert-OH is 1. The summed E-state index contributed by atoms with van der Waals surface area (Å²) in [6.07, 6.45) is 11.0. The molecule has 6 saturated carbocycles. The maximum absolute atomic E-state index is 12.9. The number of carbonyl (C=O) groups excluding carboxylic acids is 1. The third-order valence-corrected chi connectivity index (χ3v) is 17.0. The van der Waals surface area contributed by atoms with Gasteiger partial charge in [0.05, 0.1) is 37.6 Å².